The van der Waals surface area contributed by atoms with Gasteiger partial charge in [0.05, 0.1) is 10.7 Å². The van der Waals surface area contributed by atoms with E-state index >= 15 is 0 Å². The standard InChI is InChI=1S/C17H30N4S.HI/c1-5-18-17(21-15-8-6-7-12(2)11-15)19-10-9-16-13(3)20-14(4)22-16;/h12,15H,5-11H2,1-4H3,(H2,18,19,21);1H. The maximum atomic E-state index is 4.75. The van der Waals surface area contributed by atoms with Gasteiger partial charge in [0.25, 0.3) is 0 Å². The molecule has 0 saturated heterocycles. The van der Waals surface area contributed by atoms with Crippen molar-refractivity contribution in [1.29, 1.82) is 0 Å². The third-order valence-electron chi connectivity index (χ3n) is 4.23. The quantitative estimate of drug-likeness (QED) is 0.404. The smallest absolute Gasteiger partial charge is 0.191 e. The Hall–Kier alpha value is -0.370. The summed E-state index contributed by atoms with van der Waals surface area (Å²) in [6.07, 6.45) is 6.21. The fraction of sp³-hybridized carbons (Fsp3) is 0.765. The zero-order valence-corrected chi connectivity index (χ0v) is 18.0. The maximum absolute atomic E-state index is 4.75. The van der Waals surface area contributed by atoms with Gasteiger partial charge in [0.2, 0.25) is 0 Å². The van der Waals surface area contributed by atoms with E-state index in [2.05, 4.69) is 43.3 Å². The molecule has 4 nitrogen and oxygen atoms in total. The van der Waals surface area contributed by atoms with Gasteiger partial charge in [-0.15, -0.1) is 35.3 Å². The molecule has 0 bridgehead atoms. The molecular weight excluding hydrogens is 419 g/mol. The molecule has 0 aromatic carbocycles. The van der Waals surface area contributed by atoms with Gasteiger partial charge in [-0.2, -0.15) is 0 Å². The van der Waals surface area contributed by atoms with Crippen LogP contribution in [0.15, 0.2) is 4.99 Å². The molecule has 0 radical (unpaired) electrons. The van der Waals surface area contributed by atoms with Crippen molar-refractivity contribution in [3.8, 4) is 0 Å². The molecule has 1 aromatic heterocycles. The van der Waals surface area contributed by atoms with Crippen molar-refractivity contribution in [1.82, 2.24) is 15.6 Å². The van der Waals surface area contributed by atoms with Crippen LogP contribution < -0.4 is 10.6 Å². The first kappa shape index (κ1) is 20.7. The Balaban J connectivity index is 0.00000264. The molecule has 1 aromatic rings. The molecule has 0 spiro atoms. The zero-order chi connectivity index (χ0) is 15.9. The molecule has 1 aliphatic carbocycles. The lowest BCUT2D eigenvalue weighted by atomic mass is 9.87. The molecule has 0 aliphatic heterocycles. The van der Waals surface area contributed by atoms with E-state index in [1.807, 2.05) is 0 Å². The van der Waals surface area contributed by atoms with Crippen molar-refractivity contribution in [2.45, 2.75) is 65.8 Å². The Labute approximate surface area is 162 Å². The second-order valence-electron chi connectivity index (χ2n) is 6.37. The topological polar surface area (TPSA) is 49.3 Å². The van der Waals surface area contributed by atoms with Crippen LogP contribution in [0.1, 0.15) is 55.1 Å². The van der Waals surface area contributed by atoms with Gasteiger partial charge in [0.15, 0.2) is 5.96 Å². The van der Waals surface area contributed by atoms with Crippen LogP contribution in [0, 0.1) is 19.8 Å². The molecule has 2 atom stereocenters. The number of hydrogen-bond donors (Lipinski definition) is 2. The van der Waals surface area contributed by atoms with E-state index in [1.165, 1.54) is 30.6 Å². The highest BCUT2D eigenvalue weighted by Crippen LogP contribution is 2.23. The van der Waals surface area contributed by atoms with E-state index in [-0.39, 0.29) is 24.0 Å². The lowest BCUT2D eigenvalue weighted by molar-refractivity contribution is 0.324. The Morgan fingerprint density at radius 1 is 1.35 bits per heavy atom. The number of nitrogens with one attached hydrogen (secondary N) is 2. The van der Waals surface area contributed by atoms with Crippen LogP contribution in [0.2, 0.25) is 0 Å². The van der Waals surface area contributed by atoms with Crippen LogP contribution >= 0.6 is 35.3 Å². The Bertz CT molecular complexity index is 501. The molecular formula is C17H31IN4S. The number of aryl methyl sites for hydroxylation is 2. The highest BCUT2D eigenvalue weighted by Gasteiger charge is 2.19. The molecule has 0 amide bonds. The van der Waals surface area contributed by atoms with Gasteiger partial charge in [-0.3, -0.25) is 4.99 Å². The molecule has 1 fully saturated rings. The first-order valence-corrected chi connectivity index (χ1v) is 9.38. The summed E-state index contributed by atoms with van der Waals surface area (Å²) in [5.41, 5.74) is 1.16. The number of thiazole rings is 1. The largest absolute Gasteiger partial charge is 0.357 e. The Kier molecular flexibility index (Phi) is 9.43. The predicted octanol–water partition coefficient (Wildman–Crippen LogP) is 4.05. The number of nitrogens with zero attached hydrogens (tertiary/aromatic N) is 2. The average molecular weight is 450 g/mol. The fourth-order valence-electron chi connectivity index (χ4n) is 3.15. The first-order chi connectivity index (χ1) is 10.6. The normalized spacial score (nSPS) is 21.7. The van der Waals surface area contributed by atoms with Gasteiger partial charge in [0.1, 0.15) is 0 Å². The predicted molar refractivity (Wildman–Crippen MR) is 111 cm³/mol. The third-order valence-corrected chi connectivity index (χ3v) is 5.36. The molecule has 6 heteroatoms. The van der Waals surface area contributed by atoms with Crippen molar-refractivity contribution >= 4 is 41.3 Å². The minimum absolute atomic E-state index is 0. The molecule has 1 saturated carbocycles. The monoisotopic (exact) mass is 450 g/mol. The van der Waals surface area contributed by atoms with Gasteiger partial charge < -0.3 is 10.6 Å². The van der Waals surface area contributed by atoms with E-state index in [4.69, 9.17) is 4.99 Å². The summed E-state index contributed by atoms with van der Waals surface area (Å²) < 4.78 is 0. The summed E-state index contributed by atoms with van der Waals surface area (Å²) in [5.74, 6) is 1.80. The summed E-state index contributed by atoms with van der Waals surface area (Å²) in [6.45, 7) is 10.4. The minimum Gasteiger partial charge on any atom is -0.357 e. The fourth-order valence-corrected chi connectivity index (χ4v) is 4.08. The lowest BCUT2D eigenvalue weighted by Gasteiger charge is -2.28. The van der Waals surface area contributed by atoms with Gasteiger partial charge >= 0.3 is 0 Å². The molecule has 132 valence electrons. The lowest BCUT2D eigenvalue weighted by Crippen LogP contribution is -2.45. The number of rotatable bonds is 5. The molecule has 2 unspecified atom stereocenters. The highest BCUT2D eigenvalue weighted by molar-refractivity contribution is 14.0. The van der Waals surface area contributed by atoms with Gasteiger partial charge in [-0.1, -0.05) is 19.8 Å². The van der Waals surface area contributed by atoms with Crippen molar-refractivity contribution in [2.24, 2.45) is 10.9 Å². The van der Waals surface area contributed by atoms with Crippen molar-refractivity contribution in [3.63, 3.8) is 0 Å². The Morgan fingerprint density at radius 2 is 2.13 bits per heavy atom. The van der Waals surface area contributed by atoms with E-state index in [1.54, 1.807) is 11.3 Å². The summed E-state index contributed by atoms with van der Waals surface area (Å²) in [7, 11) is 0. The van der Waals surface area contributed by atoms with Crippen LogP contribution in [-0.2, 0) is 6.42 Å². The third kappa shape index (κ3) is 6.95. The molecule has 2 N–H and O–H groups in total. The second-order valence-corrected chi connectivity index (χ2v) is 7.65. The summed E-state index contributed by atoms with van der Waals surface area (Å²) in [6, 6.07) is 0.578. The molecule has 23 heavy (non-hydrogen) atoms. The maximum Gasteiger partial charge on any atom is 0.191 e. The van der Waals surface area contributed by atoms with Gasteiger partial charge in [-0.25, -0.2) is 4.98 Å². The second kappa shape index (κ2) is 10.5. The number of aromatic nitrogens is 1. The number of hydrogen-bond acceptors (Lipinski definition) is 3. The summed E-state index contributed by atoms with van der Waals surface area (Å²) in [5, 5.41) is 8.15. The van der Waals surface area contributed by atoms with E-state index in [9.17, 15) is 0 Å². The van der Waals surface area contributed by atoms with Crippen molar-refractivity contribution < 1.29 is 0 Å². The van der Waals surface area contributed by atoms with E-state index in [0.717, 1.165) is 42.1 Å². The zero-order valence-electron chi connectivity index (χ0n) is 14.8. The van der Waals surface area contributed by atoms with Crippen LogP contribution in [0.3, 0.4) is 0 Å². The van der Waals surface area contributed by atoms with Gasteiger partial charge in [0, 0.05) is 30.4 Å². The molecule has 1 heterocycles. The van der Waals surface area contributed by atoms with Crippen molar-refractivity contribution in [2.75, 3.05) is 13.1 Å². The van der Waals surface area contributed by atoms with E-state index in [0.29, 0.717) is 6.04 Å². The minimum atomic E-state index is 0. The summed E-state index contributed by atoms with van der Waals surface area (Å²) >= 11 is 1.79. The van der Waals surface area contributed by atoms with Crippen LogP contribution in [0.25, 0.3) is 0 Å². The van der Waals surface area contributed by atoms with Crippen LogP contribution in [0.4, 0.5) is 0 Å². The summed E-state index contributed by atoms with van der Waals surface area (Å²) in [4.78, 5) is 10.6. The van der Waals surface area contributed by atoms with E-state index < -0.39 is 0 Å². The Morgan fingerprint density at radius 3 is 2.74 bits per heavy atom. The number of halogens is 1. The SMILES string of the molecule is CCNC(=NCCc1sc(C)nc1C)NC1CCCC(C)C1.I. The molecule has 2 rings (SSSR count). The van der Waals surface area contributed by atoms with Gasteiger partial charge in [-0.05, 0) is 39.5 Å². The molecule has 1 aliphatic rings. The number of guanidine groups is 1. The highest BCUT2D eigenvalue weighted by atomic mass is 127. The first-order valence-electron chi connectivity index (χ1n) is 8.56. The van der Waals surface area contributed by atoms with Crippen molar-refractivity contribution in [3.05, 3.63) is 15.6 Å². The van der Waals surface area contributed by atoms with Crippen LogP contribution in [0.5, 0.6) is 0 Å². The average Bonchev–Trinajstić information content (AvgIpc) is 2.77. The van der Waals surface area contributed by atoms with Crippen LogP contribution in [-0.4, -0.2) is 30.1 Å². The number of aliphatic imine (C=N–C) groups is 1.